The van der Waals surface area contributed by atoms with E-state index in [-0.39, 0.29) is 5.91 Å². The lowest BCUT2D eigenvalue weighted by atomic mass is 9.99. The van der Waals surface area contributed by atoms with Crippen molar-refractivity contribution in [2.75, 3.05) is 19.6 Å². The minimum atomic E-state index is 0.173. The maximum atomic E-state index is 12.9. The monoisotopic (exact) mass is 392 g/mol. The molecule has 1 aliphatic heterocycles. The minimum absolute atomic E-state index is 0.173. The van der Waals surface area contributed by atoms with Gasteiger partial charge in [-0.3, -0.25) is 9.69 Å². The Balaban J connectivity index is 1.39. The molecule has 0 aliphatic carbocycles. The highest BCUT2D eigenvalue weighted by Gasteiger charge is 2.21. The number of thiophene rings is 1. The van der Waals surface area contributed by atoms with Gasteiger partial charge in [0.25, 0.3) is 0 Å². The number of carbonyl (C=O) groups is 1. The summed E-state index contributed by atoms with van der Waals surface area (Å²) in [4.78, 5) is 18.3. The topological polar surface area (TPSA) is 36.7 Å². The molecule has 0 atom stereocenters. The van der Waals surface area contributed by atoms with E-state index in [1.54, 1.807) is 17.6 Å². The van der Waals surface area contributed by atoms with E-state index >= 15 is 0 Å². The molecule has 0 saturated heterocycles. The molecule has 0 unspecified atom stereocenters. The first kappa shape index (κ1) is 18.7. The second-order valence-corrected chi connectivity index (χ2v) is 8.02. The number of benzene rings is 1. The third kappa shape index (κ3) is 4.80. The van der Waals surface area contributed by atoms with E-state index in [0.717, 1.165) is 25.3 Å². The van der Waals surface area contributed by atoms with Gasteiger partial charge in [-0.05, 0) is 41.1 Å². The van der Waals surface area contributed by atoms with Crippen LogP contribution in [-0.2, 0) is 17.9 Å². The summed E-state index contributed by atoms with van der Waals surface area (Å²) in [5.41, 5.74) is 2.59. The summed E-state index contributed by atoms with van der Waals surface area (Å²) in [6.07, 6.45) is 4.77. The Labute approximate surface area is 169 Å². The molecule has 0 N–H and O–H groups in total. The van der Waals surface area contributed by atoms with E-state index in [1.807, 2.05) is 29.2 Å². The molecular weight excluding hydrogens is 368 g/mol. The molecule has 1 aromatic carbocycles. The van der Waals surface area contributed by atoms with Crippen LogP contribution < -0.4 is 0 Å². The Morgan fingerprint density at radius 1 is 1.07 bits per heavy atom. The number of amides is 1. The van der Waals surface area contributed by atoms with E-state index in [9.17, 15) is 4.79 Å². The number of hydrogen-bond acceptors (Lipinski definition) is 4. The summed E-state index contributed by atoms with van der Waals surface area (Å²) < 4.78 is 5.50. The maximum absolute atomic E-state index is 12.9. The fourth-order valence-corrected chi connectivity index (χ4v) is 4.26. The Hall–Kier alpha value is -2.63. The summed E-state index contributed by atoms with van der Waals surface area (Å²) in [5, 5.41) is 2.07. The van der Waals surface area contributed by atoms with Gasteiger partial charge in [-0.2, -0.15) is 0 Å². The first-order valence-corrected chi connectivity index (χ1v) is 10.5. The lowest BCUT2D eigenvalue weighted by molar-refractivity contribution is -0.132. The van der Waals surface area contributed by atoms with Crippen LogP contribution in [0.15, 0.2) is 76.7 Å². The van der Waals surface area contributed by atoms with Gasteiger partial charge in [-0.25, -0.2) is 0 Å². The molecule has 3 heterocycles. The molecule has 0 fully saturated rings. The van der Waals surface area contributed by atoms with Crippen molar-refractivity contribution in [3.63, 3.8) is 0 Å². The first-order chi connectivity index (χ1) is 13.8. The number of hydrogen-bond donors (Lipinski definition) is 0. The van der Waals surface area contributed by atoms with Crippen molar-refractivity contribution in [1.82, 2.24) is 9.80 Å². The second kappa shape index (κ2) is 9.04. The van der Waals surface area contributed by atoms with Crippen molar-refractivity contribution in [3.8, 4) is 0 Å². The molecule has 28 heavy (non-hydrogen) atoms. The number of nitrogens with zero attached hydrogens (tertiary/aromatic N) is 2. The summed E-state index contributed by atoms with van der Waals surface area (Å²) in [6, 6.07) is 18.4. The van der Waals surface area contributed by atoms with Crippen molar-refractivity contribution in [1.29, 1.82) is 0 Å². The molecular formula is C23H24N2O2S. The van der Waals surface area contributed by atoms with Crippen molar-refractivity contribution < 1.29 is 9.21 Å². The fraction of sp³-hybridized carbons (Fsp3) is 0.261. The molecule has 144 valence electrons. The van der Waals surface area contributed by atoms with Gasteiger partial charge in [-0.15, -0.1) is 11.3 Å². The third-order valence-electron chi connectivity index (χ3n) is 4.98. The molecule has 3 aromatic rings. The lowest BCUT2D eigenvalue weighted by Gasteiger charge is -2.29. The summed E-state index contributed by atoms with van der Waals surface area (Å²) in [5.74, 6) is 1.06. The van der Waals surface area contributed by atoms with Crippen LogP contribution in [0.2, 0.25) is 0 Å². The van der Waals surface area contributed by atoms with Gasteiger partial charge in [0.05, 0.1) is 19.4 Å². The van der Waals surface area contributed by atoms with Gasteiger partial charge in [-0.1, -0.05) is 42.5 Å². The predicted molar refractivity (Wildman–Crippen MR) is 113 cm³/mol. The van der Waals surface area contributed by atoms with Crippen molar-refractivity contribution >= 4 is 22.8 Å². The number of furan rings is 1. The highest BCUT2D eigenvalue weighted by atomic mass is 32.1. The maximum Gasteiger partial charge on any atom is 0.237 e. The highest BCUT2D eigenvalue weighted by molar-refractivity contribution is 7.09. The van der Waals surface area contributed by atoms with E-state index in [1.165, 1.54) is 16.0 Å². The molecule has 4 rings (SSSR count). The molecule has 0 saturated carbocycles. The molecule has 1 amide bonds. The Morgan fingerprint density at radius 3 is 2.64 bits per heavy atom. The van der Waals surface area contributed by atoms with E-state index in [4.69, 9.17) is 4.42 Å². The molecule has 4 nitrogen and oxygen atoms in total. The van der Waals surface area contributed by atoms with Crippen LogP contribution in [0, 0.1) is 0 Å². The molecule has 0 spiro atoms. The quantitative estimate of drug-likeness (QED) is 0.587. The molecule has 0 radical (unpaired) electrons. The second-order valence-electron chi connectivity index (χ2n) is 6.99. The van der Waals surface area contributed by atoms with Crippen LogP contribution in [0.5, 0.6) is 0 Å². The molecule has 0 bridgehead atoms. The molecule has 1 aliphatic rings. The molecule has 2 aromatic heterocycles. The third-order valence-corrected chi connectivity index (χ3v) is 5.85. The van der Waals surface area contributed by atoms with E-state index < -0.39 is 0 Å². The predicted octanol–water partition coefficient (Wildman–Crippen LogP) is 4.66. The fourth-order valence-electron chi connectivity index (χ4n) is 3.51. The number of carbonyl (C=O) groups excluding carboxylic acids is 1. The van der Waals surface area contributed by atoms with Gasteiger partial charge in [0, 0.05) is 24.5 Å². The van der Waals surface area contributed by atoms with E-state index in [0.29, 0.717) is 19.6 Å². The van der Waals surface area contributed by atoms with Gasteiger partial charge in [0.1, 0.15) is 5.76 Å². The van der Waals surface area contributed by atoms with Crippen LogP contribution in [0.1, 0.15) is 22.6 Å². The Morgan fingerprint density at radius 2 is 1.96 bits per heavy atom. The molecule has 5 heteroatoms. The van der Waals surface area contributed by atoms with Crippen molar-refractivity contribution in [2.24, 2.45) is 0 Å². The van der Waals surface area contributed by atoms with Crippen LogP contribution in [0.3, 0.4) is 0 Å². The zero-order valence-electron chi connectivity index (χ0n) is 15.8. The summed E-state index contributed by atoms with van der Waals surface area (Å²) >= 11 is 1.72. The van der Waals surface area contributed by atoms with Gasteiger partial charge in [0.2, 0.25) is 5.91 Å². The van der Waals surface area contributed by atoms with Gasteiger partial charge >= 0.3 is 0 Å². The average molecular weight is 393 g/mol. The standard InChI is InChI=1S/C23H24N2O2S/c26-23(25-12-10-20(11-13-25)19-6-2-1-3-7-19)18-24(16-21-8-4-14-27-21)17-22-9-5-15-28-22/h1-10,14-15H,11-13,16-18H2. The smallest absolute Gasteiger partial charge is 0.237 e. The normalized spacial score (nSPS) is 14.3. The summed E-state index contributed by atoms with van der Waals surface area (Å²) in [6.45, 7) is 3.23. The van der Waals surface area contributed by atoms with Crippen molar-refractivity contribution in [3.05, 3.63) is 88.5 Å². The van der Waals surface area contributed by atoms with Gasteiger partial charge in [0.15, 0.2) is 0 Å². The SMILES string of the molecule is O=C(CN(Cc1ccco1)Cc1cccs1)N1CC=C(c2ccccc2)CC1. The Bertz CT molecular complexity index is 865. The van der Waals surface area contributed by atoms with Crippen LogP contribution >= 0.6 is 11.3 Å². The zero-order chi connectivity index (χ0) is 19.2. The first-order valence-electron chi connectivity index (χ1n) is 9.57. The largest absolute Gasteiger partial charge is 0.468 e. The Kier molecular flexibility index (Phi) is 6.04. The van der Waals surface area contributed by atoms with Crippen molar-refractivity contribution in [2.45, 2.75) is 19.5 Å². The average Bonchev–Trinajstić information content (AvgIpc) is 3.43. The summed E-state index contributed by atoms with van der Waals surface area (Å²) in [7, 11) is 0. The zero-order valence-corrected chi connectivity index (χ0v) is 16.6. The minimum Gasteiger partial charge on any atom is -0.468 e. The van der Waals surface area contributed by atoms with Crippen LogP contribution in [0.25, 0.3) is 5.57 Å². The number of rotatable bonds is 7. The van der Waals surface area contributed by atoms with Crippen LogP contribution in [-0.4, -0.2) is 35.3 Å². The van der Waals surface area contributed by atoms with Crippen LogP contribution in [0.4, 0.5) is 0 Å². The van der Waals surface area contributed by atoms with Gasteiger partial charge < -0.3 is 9.32 Å². The lowest BCUT2D eigenvalue weighted by Crippen LogP contribution is -2.41. The highest BCUT2D eigenvalue weighted by Crippen LogP contribution is 2.22. The van der Waals surface area contributed by atoms with E-state index in [2.05, 4.69) is 46.7 Å².